The number of nitrogens with zero attached hydrogens (tertiary/aromatic N) is 2. The van der Waals surface area contributed by atoms with E-state index in [2.05, 4.69) is 15.5 Å². The van der Waals surface area contributed by atoms with Crippen LogP contribution in [0.1, 0.15) is 5.82 Å². The molecule has 0 spiro atoms. The lowest BCUT2D eigenvalue weighted by molar-refractivity contribution is -0.118. The largest absolute Gasteiger partial charge is 0.485 e. The van der Waals surface area contributed by atoms with Crippen LogP contribution in [-0.4, -0.2) is 22.7 Å². The fraction of sp³-hybridized carbons (Fsp3) is 0.0870. The predicted octanol–water partition coefficient (Wildman–Crippen LogP) is 5.64. The van der Waals surface area contributed by atoms with Crippen molar-refractivity contribution in [1.29, 1.82) is 0 Å². The predicted molar refractivity (Wildman–Crippen MR) is 121 cm³/mol. The maximum absolute atomic E-state index is 12.4. The Morgan fingerprint density at radius 2 is 1.75 bits per heavy atom. The highest BCUT2D eigenvalue weighted by molar-refractivity contribution is 6.35. The van der Waals surface area contributed by atoms with E-state index < -0.39 is 0 Å². The standard InChI is InChI=1S/C23H17Cl2N3O4/c24-15-10-11-20(18(25)12-15)31-14-22(29)26-19-9-5-4-8-17(19)23-27-21(28-32-23)13-30-16-6-2-1-3-7-16/h1-12H,13-14H2,(H,26,29). The highest BCUT2D eigenvalue weighted by atomic mass is 35.5. The molecule has 0 bridgehead atoms. The Bertz CT molecular complexity index is 1210. The van der Waals surface area contributed by atoms with Gasteiger partial charge in [-0.25, -0.2) is 0 Å². The van der Waals surface area contributed by atoms with Gasteiger partial charge in [0.25, 0.3) is 11.8 Å². The smallest absolute Gasteiger partial charge is 0.262 e. The van der Waals surface area contributed by atoms with E-state index in [1.165, 1.54) is 0 Å². The number of anilines is 1. The fourth-order valence-corrected chi connectivity index (χ4v) is 3.25. The van der Waals surface area contributed by atoms with Gasteiger partial charge >= 0.3 is 0 Å². The Balaban J connectivity index is 1.40. The minimum Gasteiger partial charge on any atom is -0.485 e. The maximum Gasteiger partial charge on any atom is 0.262 e. The molecule has 0 unspecified atom stereocenters. The number of carbonyl (C=O) groups excluding carboxylic acids is 1. The number of halogens is 2. The summed E-state index contributed by atoms with van der Waals surface area (Å²) in [5.74, 6) is 1.32. The van der Waals surface area contributed by atoms with Crippen LogP contribution < -0.4 is 14.8 Å². The highest BCUT2D eigenvalue weighted by Crippen LogP contribution is 2.28. The number of ether oxygens (including phenoxy) is 2. The number of aromatic nitrogens is 2. The zero-order valence-corrected chi connectivity index (χ0v) is 18.1. The van der Waals surface area contributed by atoms with Crippen LogP contribution in [0.25, 0.3) is 11.5 Å². The third-order valence-electron chi connectivity index (χ3n) is 4.26. The molecule has 162 valence electrons. The molecule has 3 aromatic carbocycles. The summed E-state index contributed by atoms with van der Waals surface area (Å²) in [5, 5.41) is 7.53. The third-order valence-corrected chi connectivity index (χ3v) is 4.79. The van der Waals surface area contributed by atoms with E-state index >= 15 is 0 Å². The highest BCUT2D eigenvalue weighted by Gasteiger charge is 2.15. The average Bonchev–Trinajstić information content (AvgIpc) is 3.27. The van der Waals surface area contributed by atoms with Crippen molar-refractivity contribution < 1.29 is 18.8 Å². The molecule has 1 aromatic heterocycles. The normalized spacial score (nSPS) is 10.6. The number of nitrogens with one attached hydrogen (secondary N) is 1. The second kappa shape index (κ2) is 10.2. The first-order valence-electron chi connectivity index (χ1n) is 9.56. The van der Waals surface area contributed by atoms with E-state index in [-0.39, 0.29) is 25.0 Å². The van der Waals surface area contributed by atoms with Crippen LogP contribution in [-0.2, 0) is 11.4 Å². The lowest BCUT2D eigenvalue weighted by Gasteiger charge is -2.10. The summed E-state index contributed by atoms with van der Waals surface area (Å²) in [4.78, 5) is 16.8. The van der Waals surface area contributed by atoms with Crippen molar-refractivity contribution in [3.05, 3.63) is 88.7 Å². The first kappa shape index (κ1) is 21.7. The van der Waals surface area contributed by atoms with Crippen molar-refractivity contribution in [3.63, 3.8) is 0 Å². The lowest BCUT2D eigenvalue weighted by atomic mass is 10.1. The van der Waals surface area contributed by atoms with E-state index in [1.807, 2.05) is 30.3 Å². The van der Waals surface area contributed by atoms with Gasteiger partial charge in [-0.3, -0.25) is 4.79 Å². The third kappa shape index (κ3) is 5.57. The van der Waals surface area contributed by atoms with Gasteiger partial charge in [0.2, 0.25) is 5.82 Å². The molecule has 0 radical (unpaired) electrons. The number of hydrogen-bond acceptors (Lipinski definition) is 6. The Morgan fingerprint density at radius 1 is 0.969 bits per heavy atom. The SMILES string of the molecule is O=C(COc1ccc(Cl)cc1Cl)Nc1ccccc1-c1nc(COc2ccccc2)no1. The van der Waals surface area contributed by atoms with E-state index in [9.17, 15) is 4.79 Å². The van der Waals surface area contributed by atoms with Crippen molar-refractivity contribution >= 4 is 34.8 Å². The quantitative estimate of drug-likeness (QED) is 0.359. The van der Waals surface area contributed by atoms with E-state index in [0.29, 0.717) is 38.6 Å². The van der Waals surface area contributed by atoms with Crippen LogP contribution in [0.15, 0.2) is 77.3 Å². The van der Waals surface area contributed by atoms with Crippen LogP contribution in [0, 0.1) is 0 Å². The van der Waals surface area contributed by atoms with Crippen molar-refractivity contribution in [2.24, 2.45) is 0 Å². The molecule has 7 nitrogen and oxygen atoms in total. The molecular formula is C23H17Cl2N3O4. The molecule has 4 rings (SSSR count). The molecule has 0 saturated heterocycles. The van der Waals surface area contributed by atoms with Crippen LogP contribution in [0.4, 0.5) is 5.69 Å². The molecule has 9 heteroatoms. The first-order valence-corrected chi connectivity index (χ1v) is 10.3. The topological polar surface area (TPSA) is 86.5 Å². The van der Waals surface area contributed by atoms with Crippen molar-refractivity contribution in [3.8, 4) is 23.0 Å². The molecule has 0 fully saturated rings. The Hall–Kier alpha value is -3.55. The second-order valence-corrected chi connectivity index (χ2v) is 7.42. The summed E-state index contributed by atoms with van der Waals surface area (Å²) in [6.45, 7) is -0.0899. The van der Waals surface area contributed by atoms with Crippen molar-refractivity contribution in [2.75, 3.05) is 11.9 Å². The van der Waals surface area contributed by atoms with E-state index in [4.69, 9.17) is 37.2 Å². The second-order valence-electron chi connectivity index (χ2n) is 6.57. The molecule has 0 saturated carbocycles. The van der Waals surface area contributed by atoms with Crippen LogP contribution in [0.5, 0.6) is 11.5 Å². The molecule has 0 aliphatic rings. The number of carbonyl (C=O) groups is 1. The zero-order valence-electron chi connectivity index (χ0n) is 16.6. The number of amides is 1. The molecule has 1 N–H and O–H groups in total. The lowest BCUT2D eigenvalue weighted by Crippen LogP contribution is -2.20. The minimum atomic E-state index is -0.379. The Labute approximate surface area is 193 Å². The van der Waals surface area contributed by atoms with Gasteiger partial charge in [-0.15, -0.1) is 0 Å². The number of para-hydroxylation sites is 2. The molecule has 0 aliphatic heterocycles. The van der Waals surface area contributed by atoms with Crippen LogP contribution >= 0.6 is 23.2 Å². The monoisotopic (exact) mass is 469 g/mol. The van der Waals surface area contributed by atoms with Gasteiger partial charge in [0.1, 0.15) is 11.5 Å². The Morgan fingerprint density at radius 3 is 2.56 bits per heavy atom. The molecular weight excluding hydrogens is 453 g/mol. The van der Waals surface area contributed by atoms with E-state index in [0.717, 1.165) is 0 Å². The molecule has 1 amide bonds. The summed E-state index contributed by atoms with van der Waals surface area (Å²) in [6.07, 6.45) is 0. The van der Waals surface area contributed by atoms with Gasteiger partial charge in [0, 0.05) is 5.02 Å². The molecule has 0 atom stereocenters. The molecule has 32 heavy (non-hydrogen) atoms. The minimum absolute atomic E-state index is 0.151. The number of rotatable bonds is 8. The van der Waals surface area contributed by atoms with Gasteiger partial charge in [-0.2, -0.15) is 4.98 Å². The number of benzene rings is 3. The fourth-order valence-electron chi connectivity index (χ4n) is 2.79. The van der Waals surface area contributed by atoms with Crippen molar-refractivity contribution in [1.82, 2.24) is 10.1 Å². The van der Waals surface area contributed by atoms with Crippen LogP contribution in [0.2, 0.25) is 10.0 Å². The number of hydrogen-bond donors (Lipinski definition) is 1. The van der Waals surface area contributed by atoms with Gasteiger partial charge in [0.15, 0.2) is 13.2 Å². The Kier molecular flexibility index (Phi) is 6.89. The summed E-state index contributed by atoms with van der Waals surface area (Å²) in [5.41, 5.74) is 1.08. The zero-order chi connectivity index (χ0) is 22.3. The maximum atomic E-state index is 12.4. The summed E-state index contributed by atoms with van der Waals surface area (Å²) < 4.78 is 16.5. The van der Waals surface area contributed by atoms with E-state index in [1.54, 1.807) is 42.5 Å². The van der Waals surface area contributed by atoms with Crippen molar-refractivity contribution in [2.45, 2.75) is 6.61 Å². The summed E-state index contributed by atoms with van der Waals surface area (Å²) >= 11 is 11.9. The molecule has 1 heterocycles. The van der Waals surface area contributed by atoms with Crippen LogP contribution in [0.3, 0.4) is 0 Å². The van der Waals surface area contributed by atoms with Gasteiger partial charge < -0.3 is 19.3 Å². The summed E-state index contributed by atoms with van der Waals surface area (Å²) in [6, 6.07) is 21.2. The average molecular weight is 470 g/mol. The molecule has 0 aliphatic carbocycles. The molecule has 4 aromatic rings. The van der Waals surface area contributed by atoms with Gasteiger partial charge in [0.05, 0.1) is 16.3 Å². The van der Waals surface area contributed by atoms with Gasteiger partial charge in [-0.1, -0.05) is 58.7 Å². The van der Waals surface area contributed by atoms with Gasteiger partial charge in [-0.05, 0) is 42.5 Å². The first-order chi connectivity index (χ1) is 15.6. The summed E-state index contributed by atoms with van der Waals surface area (Å²) in [7, 11) is 0.